The van der Waals surface area contributed by atoms with Crippen molar-refractivity contribution in [2.24, 2.45) is 0 Å². The second kappa shape index (κ2) is 14.0. The molecule has 15 heavy (non-hydrogen) atoms. The molecule has 5 nitrogen and oxygen atoms in total. The monoisotopic (exact) mass is 337 g/mol. The van der Waals surface area contributed by atoms with Crippen molar-refractivity contribution >= 4 is 5.91 Å². The third-order valence-corrected chi connectivity index (χ3v) is 1.61. The first-order chi connectivity index (χ1) is 7.04. The normalized spacial score (nSPS) is 9.47. The van der Waals surface area contributed by atoms with Crippen LogP contribution in [0.2, 0.25) is 0 Å². The van der Waals surface area contributed by atoms with Gasteiger partial charge in [-0.2, -0.15) is 5.54 Å². The molecule has 0 aromatic rings. The molecule has 0 aromatic heterocycles. The van der Waals surface area contributed by atoms with Crippen LogP contribution in [0, 0.1) is 0 Å². The van der Waals surface area contributed by atoms with Gasteiger partial charge in [0.15, 0.2) is 0 Å². The maximum atomic E-state index is 11.4. The van der Waals surface area contributed by atoms with Crippen LogP contribution in [-0.2, 0) is 4.79 Å². The highest BCUT2D eigenvalue weighted by Gasteiger charge is 1.97. The quantitative estimate of drug-likeness (QED) is 0.298. The molecule has 0 saturated carbocycles. The molecule has 0 aliphatic carbocycles. The third-order valence-electron chi connectivity index (χ3n) is 1.61. The molecule has 0 aliphatic rings. The molecule has 0 saturated heterocycles. The van der Waals surface area contributed by atoms with E-state index in [1.165, 1.54) is 12.8 Å². The largest absolute Gasteiger partial charge is 0.503 e. The van der Waals surface area contributed by atoms with Crippen LogP contribution in [0.3, 0.4) is 0 Å². The summed E-state index contributed by atoms with van der Waals surface area (Å²) < 4.78 is 35.8. The first-order valence-corrected chi connectivity index (χ1v) is 7.41. The lowest BCUT2D eigenvalue weighted by atomic mass is 10.1. The second-order valence-corrected chi connectivity index (χ2v) is 4.03. The van der Waals surface area contributed by atoms with E-state index in [9.17, 15) is 9.28 Å². The molecule has 0 fully saturated rings. The molecule has 0 spiro atoms. The lowest BCUT2D eigenvalue weighted by molar-refractivity contribution is -1.63. The SMILES string of the molecule is CCCCCCCC(=O)NF.[O-][I+2]([O-])O. The van der Waals surface area contributed by atoms with Crippen molar-refractivity contribution in [2.45, 2.75) is 45.4 Å². The summed E-state index contributed by atoms with van der Waals surface area (Å²) in [6, 6.07) is 0. The molecule has 0 bridgehead atoms. The van der Waals surface area contributed by atoms with Crippen LogP contribution in [0.5, 0.6) is 0 Å². The first kappa shape index (κ1) is 17.4. The molecule has 7 heteroatoms. The highest BCUT2D eigenvalue weighted by Crippen LogP contribution is 2.04. The molecule has 92 valence electrons. The summed E-state index contributed by atoms with van der Waals surface area (Å²) in [4.78, 5) is 10.4. The van der Waals surface area contributed by atoms with Gasteiger partial charge in [0.2, 0.25) is 5.91 Å². The van der Waals surface area contributed by atoms with Crippen molar-refractivity contribution in [3.05, 3.63) is 0 Å². The van der Waals surface area contributed by atoms with Crippen LogP contribution in [-0.4, -0.2) is 9.34 Å². The van der Waals surface area contributed by atoms with Gasteiger partial charge in [-0.3, -0.25) is 4.79 Å². The zero-order valence-corrected chi connectivity index (χ0v) is 10.8. The number of hydrogen-bond acceptors (Lipinski definition) is 4. The molecular formula is C8H17FINO4. The summed E-state index contributed by atoms with van der Waals surface area (Å²) in [6.45, 7) is 2.13. The van der Waals surface area contributed by atoms with E-state index >= 15 is 0 Å². The Morgan fingerprint density at radius 2 is 1.80 bits per heavy atom. The van der Waals surface area contributed by atoms with E-state index < -0.39 is 27.0 Å². The van der Waals surface area contributed by atoms with Crippen molar-refractivity contribution in [3.8, 4) is 0 Å². The van der Waals surface area contributed by atoms with Crippen LogP contribution in [0.4, 0.5) is 4.48 Å². The number of amides is 1. The van der Waals surface area contributed by atoms with E-state index in [0.29, 0.717) is 6.42 Å². The maximum absolute atomic E-state index is 11.4. The predicted octanol–water partition coefficient (Wildman–Crippen LogP) is -3.58. The Morgan fingerprint density at radius 3 is 2.20 bits per heavy atom. The molecule has 0 heterocycles. The highest BCUT2D eigenvalue weighted by atomic mass is 127. The molecule has 0 radical (unpaired) electrons. The van der Waals surface area contributed by atoms with Crippen molar-refractivity contribution in [3.63, 3.8) is 0 Å². The van der Waals surface area contributed by atoms with Gasteiger partial charge in [0.25, 0.3) is 0 Å². The Hall–Kier alpha value is 0.01000. The van der Waals surface area contributed by atoms with Crippen molar-refractivity contribution in [2.75, 3.05) is 0 Å². The Kier molecular flexibility index (Phi) is 16.3. The average molecular weight is 337 g/mol. The minimum Gasteiger partial charge on any atom is -0.396 e. The van der Waals surface area contributed by atoms with Gasteiger partial charge < -0.3 is 6.87 Å². The fraction of sp³-hybridized carbons (Fsp3) is 0.875. The molecule has 2 N–H and O–H groups in total. The van der Waals surface area contributed by atoms with E-state index in [1.54, 1.807) is 0 Å². The summed E-state index contributed by atoms with van der Waals surface area (Å²) >= 11 is -3.76. The molecule has 0 aromatic carbocycles. The van der Waals surface area contributed by atoms with Crippen molar-refractivity contribution < 1.29 is 40.6 Å². The third kappa shape index (κ3) is 24.9. The van der Waals surface area contributed by atoms with Gasteiger partial charge in [-0.05, 0) is 9.86 Å². The minimum atomic E-state index is -3.76. The van der Waals surface area contributed by atoms with Crippen LogP contribution in [0.1, 0.15) is 45.4 Å². The lowest BCUT2D eigenvalue weighted by Gasteiger charge is -1.97. The summed E-state index contributed by atoms with van der Waals surface area (Å²) in [7, 11) is 0. The summed E-state index contributed by atoms with van der Waals surface area (Å²) in [5, 5.41) is 0. The highest BCUT2D eigenvalue weighted by molar-refractivity contribution is 5.74. The smallest absolute Gasteiger partial charge is 0.396 e. The van der Waals surface area contributed by atoms with Gasteiger partial charge in [-0.1, -0.05) is 32.6 Å². The Balaban J connectivity index is 0. The van der Waals surface area contributed by atoms with E-state index in [-0.39, 0.29) is 0 Å². The molecule has 0 rings (SSSR count). The number of nitrogens with one attached hydrogen (secondary N) is 1. The van der Waals surface area contributed by atoms with Gasteiger partial charge in [0, 0.05) is 6.42 Å². The number of unbranched alkanes of at least 4 members (excludes halogenated alkanes) is 4. The molecule has 0 aliphatic heterocycles. The van der Waals surface area contributed by atoms with Crippen LogP contribution in [0.15, 0.2) is 0 Å². The molecule has 0 atom stereocenters. The van der Waals surface area contributed by atoms with E-state index in [2.05, 4.69) is 6.92 Å². The fourth-order valence-corrected chi connectivity index (χ4v) is 0.936. The Bertz CT molecular complexity index is 146. The Labute approximate surface area is 97.7 Å². The summed E-state index contributed by atoms with van der Waals surface area (Å²) in [5.74, 6) is -0.499. The van der Waals surface area contributed by atoms with Crippen LogP contribution < -0.4 is 33.5 Å². The maximum Gasteiger partial charge on any atom is 0.503 e. The van der Waals surface area contributed by atoms with Gasteiger partial charge in [-0.25, -0.2) is 0 Å². The molecule has 1 amide bonds. The van der Waals surface area contributed by atoms with E-state index in [0.717, 1.165) is 24.8 Å². The summed E-state index contributed by atoms with van der Waals surface area (Å²) in [5.41, 5.74) is 1.12. The van der Waals surface area contributed by atoms with E-state index in [4.69, 9.17) is 10.3 Å². The number of carbonyl (C=O) groups excluding carboxylic acids is 1. The zero-order valence-electron chi connectivity index (χ0n) is 8.67. The Morgan fingerprint density at radius 1 is 1.33 bits per heavy atom. The van der Waals surface area contributed by atoms with Crippen molar-refractivity contribution in [1.29, 1.82) is 0 Å². The van der Waals surface area contributed by atoms with E-state index in [1.807, 2.05) is 0 Å². The summed E-state index contributed by atoms with van der Waals surface area (Å²) in [6.07, 6.45) is 5.69. The van der Waals surface area contributed by atoms with Gasteiger partial charge in [0.1, 0.15) is 0 Å². The zero-order chi connectivity index (χ0) is 12.1. The number of carbonyl (C=O) groups is 1. The standard InChI is InChI=1S/C8H16FNO.HIO3/c1-2-3-4-5-6-7-8(11)10-9;2-1(3)4/h2-7H2,1H3,(H,10,11);2H. The number of halogens is 2. The average Bonchev–Trinajstić information content (AvgIpc) is 2.16. The second-order valence-electron chi connectivity index (χ2n) is 2.88. The van der Waals surface area contributed by atoms with Gasteiger partial charge in [-0.15, -0.1) is 4.48 Å². The topological polar surface area (TPSA) is 95.5 Å². The number of hydrogen-bond donors (Lipinski definition) is 2. The first-order valence-electron chi connectivity index (χ1n) is 4.68. The lowest BCUT2D eigenvalue weighted by Crippen LogP contribution is -3.98. The van der Waals surface area contributed by atoms with Crippen LogP contribution >= 0.6 is 0 Å². The van der Waals surface area contributed by atoms with Gasteiger partial charge >= 0.3 is 21.1 Å². The predicted molar refractivity (Wildman–Crippen MR) is 44.8 cm³/mol. The fourth-order valence-electron chi connectivity index (χ4n) is 0.936. The minimum absolute atomic E-state index is 0.320. The molecule has 0 unspecified atom stereocenters. The molecular weight excluding hydrogens is 320 g/mol. The van der Waals surface area contributed by atoms with Crippen molar-refractivity contribution in [1.82, 2.24) is 5.54 Å². The van der Waals surface area contributed by atoms with Crippen LogP contribution in [0.25, 0.3) is 0 Å². The number of rotatable bonds is 6. The van der Waals surface area contributed by atoms with Gasteiger partial charge in [0.05, 0.1) is 0 Å².